The molecule has 21 heavy (non-hydrogen) atoms. The second kappa shape index (κ2) is 6.69. The van der Waals surface area contributed by atoms with Gasteiger partial charge in [0.2, 0.25) is 0 Å². The Morgan fingerprint density at radius 2 is 1.48 bits per heavy atom. The van der Waals surface area contributed by atoms with E-state index in [2.05, 4.69) is 66.4 Å². The van der Waals surface area contributed by atoms with Crippen LogP contribution >= 0.6 is 20.7 Å². The summed E-state index contributed by atoms with van der Waals surface area (Å²) in [6, 6.07) is 18.0. The minimum atomic E-state index is 0.0270. The Bertz CT molecular complexity index is 658. The summed E-state index contributed by atoms with van der Waals surface area (Å²) in [5, 5.41) is 0. The SMILES string of the molecule is CC=IC(CC)=C1c2ccccc2CCc2ccccc21. The maximum absolute atomic E-state index is 2.39. The Hall–Kier alpha value is -1.22. The largest absolute Gasteiger partial charge is 0.0942 e. The van der Waals surface area contributed by atoms with E-state index in [9.17, 15) is 0 Å². The zero-order chi connectivity index (χ0) is 14.7. The molecule has 0 atom stereocenters. The van der Waals surface area contributed by atoms with E-state index in [4.69, 9.17) is 0 Å². The van der Waals surface area contributed by atoms with Crippen LogP contribution in [0.4, 0.5) is 0 Å². The summed E-state index contributed by atoms with van der Waals surface area (Å²) < 4.78 is 4.05. The fraction of sp³-hybridized carbons (Fsp3) is 0.250. The highest BCUT2D eigenvalue weighted by molar-refractivity contribution is 14.2. The molecule has 0 bridgehead atoms. The van der Waals surface area contributed by atoms with E-state index in [-0.39, 0.29) is 20.7 Å². The molecule has 0 aromatic heterocycles. The third-order valence-electron chi connectivity index (χ3n) is 4.06. The van der Waals surface area contributed by atoms with Crippen molar-refractivity contribution in [2.45, 2.75) is 33.1 Å². The molecule has 0 saturated carbocycles. The van der Waals surface area contributed by atoms with Gasteiger partial charge in [-0.25, -0.2) is 0 Å². The first-order valence-corrected chi connectivity index (χ1v) is 9.98. The van der Waals surface area contributed by atoms with Gasteiger partial charge in [0.05, 0.1) is 0 Å². The van der Waals surface area contributed by atoms with E-state index >= 15 is 0 Å². The standard InChI is InChI=1S/C20H21I/c1-3-19(21-4-2)20-17-11-7-5-9-15(17)13-14-16-10-6-8-12-18(16)20/h4-12H,3,13-14H2,1-2H3. The molecule has 1 heteroatoms. The van der Waals surface area contributed by atoms with Gasteiger partial charge in [0.25, 0.3) is 0 Å². The Morgan fingerprint density at radius 1 is 0.952 bits per heavy atom. The molecule has 0 saturated heterocycles. The van der Waals surface area contributed by atoms with Gasteiger partial charge in [-0.1, -0.05) is 80.2 Å². The molecule has 0 N–H and O–H groups in total. The zero-order valence-electron chi connectivity index (χ0n) is 12.7. The van der Waals surface area contributed by atoms with Crippen LogP contribution in [-0.2, 0) is 12.8 Å². The van der Waals surface area contributed by atoms with Crippen LogP contribution in [0.2, 0.25) is 0 Å². The van der Waals surface area contributed by atoms with Gasteiger partial charge in [-0.3, -0.25) is 0 Å². The van der Waals surface area contributed by atoms with Crippen molar-refractivity contribution in [1.82, 2.24) is 0 Å². The van der Waals surface area contributed by atoms with Crippen molar-refractivity contribution in [3.63, 3.8) is 0 Å². The molecule has 3 rings (SSSR count). The Labute approximate surface area is 137 Å². The van der Waals surface area contributed by atoms with E-state index in [1.165, 1.54) is 27.8 Å². The van der Waals surface area contributed by atoms with E-state index in [0.29, 0.717) is 0 Å². The van der Waals surface area contributed by atoms with Crippen molar-refractivity contribution < 1.29 is 0 Å². The van der Waals surface area contributed by atoms with Crippen molar-refractivity contribution in [3.05, 3.63) is 74.4 Å². The second-order valence-electron chi connectivity index (χ2n) is 5.28. The molecule has 1 aliphatic carbocycles. The van der Waals surface area contributed by atoms with Crippen molar-refractivity contribution in [2.75, 3.05) is 0 Å². The number of aryl methyl sites for hydroxylation is 2. The lowest BCUT2D eigenvalue weighted by molar-refractivity contribution is 0.965. The molecule has 0 spiro atoms. The number of halogens is 1. The number of hydrogen-bond donors (Lipinski definition) is 0. The quantitative estimate of drug-likeness (QED) is 0.575. The van der Waals surface area contributed by atoms with Gasteiger partial charge in [0.15, 0.2) is 0 Å². The minimum absolute atomic E-state index is 0.0270. The van der Waals surface area contributed by atoms with Crippen molar-refractivity contribution in [1.29, 1.82) is 0 Å². The van der Waals surface area contributed by atoms with Crippen LogP contribution in [0.3, 0.4) is 0 Å². The Kier molecular flexibility index (Phi) is 4.69. The molecule has 0 heterocycles. The highest BCUT2D eigenvalue weighted by Crippen LogP contribution is 2.39. The first-order chi connectivity index (χ1) is 10.3. The van der Waals surface area contributed by atoms with E-state index in [1.54, 1.807) is 3.58 Å². The third kappa shape index (κ3) is 2.89. The van der Waals surface area contributed by atoms with Crippen molar-refractivity contribution in [3.8, 4) is 0 Å². The Balaban J connectivity index is 2.35. The monoisotopic (exact) mass is 388 g/mol. The summed E-state index contributed by atoms with van der Waals surface area (Å²) in [5.74, 6) is 0. The molecule has 0 nitrogen and oxygen atoms in total. The molecule has 0 fully saturated rings. The van der Waals surface area contributed by atoms with Crippen LogP contribution in [0.5, 0.6) is 0 Å². The minimum Gasteiger partial charge on any atom is -0.0942 e. The van der Waals surface area contributed by atoms with E-state index in [1.807, 2.05) is 0 Å². The van der Waals surface area contributed by atoms with E-state index < -0.39 is 0 Å². The lowest BCUT2D eigenvalue weighted by Crippen LogP contribution is -1.94. The van der Waals surface area contributed by atoms with Crippen molar-refractivity contribution >= 4 is 30.3 Å². The predicted molar refractivity (Wildman–Crippen MR) is 102 cm³/mol. The molecule has 0 amide bonds. The Morgan fingerprint density at radius 3 is 1.95 bits per heavy atom. The molecule has 108 valence electrons. The molecule has 2 aromatic rings. The number of fused-ring (bicyclic) bond motifs is 2. The highest BCUT2D eigenvalue weighted by atomic mass is 127. The van der Waals surface area contributed by atoms with Crippen LogP contribution < -0.4 is 0 Å². The molecule has 0 unspecified atom stereocenters. The molecular formula is C20H21I. The first kappa shape index (κ1) is 14.7. The lowest BCUT2D eigenvalue weighted by atomic mass is 9.93. The van der Waals surface area contributed by atoms with Crippen LogP contribution in [0.15, 0.2) is 52.1 Å². The molecular weight excluding hydrogens is 367 g/mol. The van der Waals surface area contributed by atoms with Gasteiger partial charge in [-0.05, 0) is 57.6 Å². The van der Waals surface area contributed by atoms with Crippen LogP contribution in [0.1, 0.15) is 42.5 Å². The van der Waals surface area contributed by atoms with Gasteiger partial charge in [0, 0.05) is 0 Å². The summed E-state index contributed by atoms with van der Waals surface area (Å²) in [7, 11) is 0. The number of rotatable bonds is 2. The number of hydrogen-bond acceptors (Lipinski definition) is 0. The van der Waals surface area contributed by atoms with Gasteiger partial charge < -0.3 is 0 Å². The van der Waals surface area contributed by atoms with Gasteiger partial charge in [0.1, 0.15) is 0 Å². The summed E-state index contributed by atoms with van der Waals surface area (Å²) in [4.78, 5) is 0. The maximum Gasteiger partial charge on any atom is -0.00171 e. The van der Waals surface area contributed by atoms with Gasteiger partial charge in [-0.15, -0.1) is 0 Å². The smallest absolute Gasteiger partial charge is 0.00171 e. The third-order valence-corrected chi connectivity index (χ3v) is 6.74. The normalized spacial score (nSPS) is 14.1. The summed E-state index contributed by atoms with van der Waals surface area (Å²) in [5.41, 5.74) is 7.50. The molecule has 2 aromatic carbocycles. The molecule has 0 radical (unpaired) electrons. The fourth-order valence-corrected chi connectivity index (χ4v) is 5.20. The van der Waals surface area contributed by atoms with Gasteiger partial charge in [-0.2, -0.15) is 0 Å². The lowest BCUT2D eigenvalue weighted by Gasteiger charge is -2.15. The summed E-state index contributed by atoms with van der Waals surface area (Å²) >= 11 is 0.0270. The van der Waals surface area contributed by atoms with E-state index in [0.717, 1.165) is 19.3 Å². The topological polar surface area (TPSA) is 0 Å². The average Bonchev–Trinajstić information content (AvgIpc) is 2.70. The molecule has 1 aliphatic rings. The van der Waals surface area contributed by atoms with Crippen molar-refractivity contribution in [2.24, 2.45) is 0 Å². The maximum atomic E-state index is 2.39. The van der Waals surface area contributed by atoms with Crippen LogP contribution in [0.25, 0.3) is 5.57 Å². The summed E-state index contributed by atoms with van der Waals surface area (Å²) in [6.45, 7) is 4.51. The van der Waals surface area contributed by atoms with Crippen LogP contribution in [-0.4, -0.2) is 4.01 Å². The molecule has 0 aliphatic heterocycles. The number of benzene rings is 2. The fourth-order valence-electron chi connectivity index (χ4n) is 3.11. The number of allylic oxidation sites excluding steroid dienone is 1. The average molecular weight is 388 g/mol. The van der Waals surface area contributed by atoms with Gasteiger partial charge >= 0.3 is 0 Å². The highest BCUT2D eigenvalue weighted by Gasteiger charge is 2.19. The first-order valence-electron chi connectivity index (χ1n) is 7.66. The zero-order valence-corrected chi connectivity index (χ0v) is 14.9. The predicted octanol–water partition coefficient (Wildman–Crippen LogP) is 5.75. The van der Waals surface area contributed by atoms with Crippen LogP contribution in [0, 0.1) is 0 Å². The summed E-state index contributed by atoms with van der Waals surface area (Å²) in [6.07, 6.45) is 3.47. The second-order valence-corrected chi connectivity index (χ2v) is 8.45.